The molecule has 0 radical (unpaired) electrons. The van der Waals surface area contributed by atoms with Crippen LogP contribution in [-0.4, -0.2) is 8.42 Å². The lowest BCUT2D eigenvalue weighted by Crippen LogP contribution is -2.11. The number of halogens is 4. The highest BCUT2D eigenvalue weighted by atomic mass is 32.2. The fourth-order valence-electron chi connectivity index (χ4n) is 3.42. The Bertz CT molecular complexity index is 1130. The van der Waals surface area contributed by atoms with Crippen molar-refractivity contribution in [3.63, 3.8) is 0 Å². The Labute approximate surface area is 159 Å². The molecule has 0 aliphatic heterocycles. The number of allylic oxidation sites excluding steroid dienone is 4. The van der Waals surface area contributed by atoms with Crippen LogP contribution in [0.4, 0.5) is 17.6 Å². The minimum absolute atomic E-state index is 0.0531. The van der Waals surface area contributed by atoms with Gasteiger partial charge in [0.05, 0.1) is 10.5 Å². The molecule has 146 valence electrons. The molecule has 1 spiro atoms. The van der Waals surface area contributed by atoms with Crippen molar-refractivity contribution in [3.8, 4) is 0 Å². The molecule has 0 unspecified atom stereocenters. The van der Waals surface area contributed by atoms with E-state index in [0.717, 1.165) is 25.0 Å². The maximum atomic E-state index is 13.7. The van der Waals surface area contributed by atoms with Crippen molar-refractivity contribution < 1.29 is 26.0 Å². The SMILES string of the molecule is NS(=O)(=O)c1ccc(C2=CC3(C=C2c2ccc(F)c(C(F)(F)F)c2)CC3)cc1. The maximum absolute atomic E-state index is 13.7. The van der Waals surface area contributed by atoms with Crippen LogP contribution < -0.4 is 5.14 Å². The van der Waals surface area contributed by atoms with Crippen LogP contribution in [0.25, 0.3) is 11.1 Å². The lowest BCUT2D eigenvalue weighted by Gasteiger charge is -2.13. The van der Waals surface area contributed by atoms with Crippen LogP contribution in [-0.2, 0) is 16.2 Å². The Balaban J connectivity index is 1.79. The summed E-state index contributed by atoms with van der Waals surface area (Å²) >= 11 is 0. The molecular formula is C20H15F4NO2S. The van der Waals surface area contributed by atoms with Crippen molar-refractivity contribution in [2.75, 3.05) is 0 Å². The first-order valence-electron chi connectivity index (χ1n) is 8.45. The molecule has 2 N–H and O–H groups in total. The van der Waals surface area contributed by atoms with E-state index < -0.39 is 27.6 Å². The average Bonchev–Trinajstić information content (AvgIpc) is 3.25. The van der Waals surface area contributed by atoms with Crippen molar-refractivity contribution >= 4 is 21.2 Å². The molecule has 1 fully saturated rings. The smallest absolute Gasteiger partial charge is 0.225 e. The number of nitrogens with two attached hydrogens (primary N) is 1. The van der Waals surface area contributed by atoms with Crippen LogP contribution in [0, 0.1) is 11.2 Å². The normalized spacial score (nSPS) is 18.2. The molecule has 8 heteroatoms. The van der Waals surface area contributed by atoms with Crippen LogP contribution in [0.1, 0.15) is 29.5 Å². The molecule has 1 saturated carbocycles. The van der Waals surface area contributed by atoms with Crippen LogP contribution >= 0.6 is 0 Å². The molecular weight excluding hydrogens is 394 g/mol. The third-order valence-electron chi connectivity index (χ3n) is 5.06. The van der Waals surface area contributed by atoms with Crippen LogP contribution in [0.5, 0.6) is 0 Å². The topological polar surface area (TPSA) is 60.2 Å². The van der Waals surface area contributed by atoms with Gasteiger partial charge in [-0.25, -0.2) is 17.9 Å². The lowest BCUT2D eigenvalue weighted by molar-refractivity contribution is -0.140. The van der Waals surface area contributed by atoms with Gasteiger partial charge < -0.3 is 0 Å². The molecule has 2 aromatic carbocycles. The Hall–Kier alpha value is -2.45. The predicted molar refractivity (Wildman–Crippen MR) is 96.8 cm³/mol. The molecule has 3 nitrogen and oxygen atoms in total. The van der Waals surface area contributed by atoms with E-state index in [4.69, 9.17) is 5.14 Å². The number of rotatable bonds is 3. The summed E-state index contributed by atoms with van der Waals surface area (Å²) in [4.78, 5) is -0.0531. The summed E-state index contributed by atoms with van der Waals surface area (Å²) in [5.41, 5.74) is 0.673. The van der Waals surface area contributed by atoms with Crippen molar-refractivity contribution in [2.24, 2.45) is 10.6 Å². The van der Waals surface area contributed by atoms with Crippen molar-refractivity contribution in [2.45, 2.75) is 23.9 Å². The average molecular weight is 409 g/mol. The first-order chi connectivity index (χ1) is 13.0. The molecule has 2 aromatic rings. The second kappa shape index (κ2) is 6.02. The number of alkyl halides is 3. The summed E-state index contributed by atoms with van der Waals surface area (Å²) in [6.07, 6.45) is 0.844. The molecule has 0 amide bonds. The van der Waals surface area contributed by atoms with E-state index >= 15 is 0 Å². The third kappa shape index (κ3) is 3.38. The summed E-state index contributed by atoms with van der Waals surface area (Å²) in [7, 11) is -3.85. The van der Waals surface area contributed by atoms with E-state index in [9.17, 15) is 26.0 Å². The monoisotopic (exact) mass is 409 g/mol. The first kappa shape index (κ1) is 18.9. The van der Waals surface area contributed by atoms with Crippen LogP contribution in [0.2, 0.25) is 0 Å². The molecule has 0 atom stereocenters. The van der Waals surface area contributed by atoms with Gasteiger partial charge >= 0.3 is 6.18 Å². The molecule has 0 bridgehead atoms. The summed E-state index contributed by atoms with van der Waals surface area (Å²) in [6.45, 7) is 0. The zero-order valence-electron chi connectivity index (χ0n) is 14.4. The fraction of sp³-hybridized carbons (Fsp3) is 0.200. The minimum Gasteiger partial charge on any atom is -0.225 e. The maximum Gasteiger partial charge on any atom is 0.419 e. The molecule has 0 aromatic heterocycles. The number of benzene rings is 2. The van der Waals surface area contributed by atoms with E-state index in [1.165, 1.54) is 18.2 Å². The van der Waals surface area contributed by atoms with Crippen LogP contribution in [0.15, 0.2) is 59.5 Å². The quantitative estimate of drug-likeness (QED) is 0.744. The van der Waals surface area contributed by atoms with Crippen molar-refractivity contribution in [1.29, 1.82) is 0 Å². The molecule has 28 heavy (non-hydrogen) atoms. The second-order valence-electron chi connectivity index (χ2n) is 7.11. The fourth-order valence-corrected chi connectivity index (χ4v) is 3.93. The molecule has 0 saturated heterocycles. The molecule has 0 heterocycles. The van der Waals surface area contributed by atoms with Gasteiger partial charge in [0.2, 0.25) is 10.0 Å². The third-order valence-corrected chi connectivity index (χ3v) is 5.99. The zero-order valence-corrected chi connectivity index (χ0v) is 15.2. The number of hydrogen-bond donors (Lipinski definition) is 1. The van der Waals surface area contributed by atoms with Gasteiger partial charge in [0.25, 0.3) is 0 Å². The van der Waals surface area contributed by atoms with Crippen LogP contribution in [0.3, 0.4) is 0 Å². The van der Waals surface area contributed by atoms with E-state index in [1.807, 2.05) is 12.2 Å². The van der Waals surface area contributed by atoms with Gasteiger partial charge in [0.1, 0.15) is 5.82 Å². The van der Waals surface area contributed by atoms with Gasteiger partial charge in [-0.2, -0.15) is 13.2 Å². The van der Waals surface area contributed by atoms with Gasteiger partial charge in [-0.3, -0.25) is 0 Å². The number of primary sulfonamides is 1. The standard InChI is InChI=1S/C20H15F4NO2S/c21-18-6-3-13(9-17(18)20(22,23)24)16-11-19(7-8-19)10-15(16)12-1-4-14(5-2-12)28(25,26)27/h1-6,9-11H,7-8H2,(H2,25,26,27). The Morgan fingerprint density at radius 2 is 1.43 bits per heavy atom. The van der Waals surface area contributed by atoms with E-state index in [0.29, 0.717) is 16.7 Å². The van der Waals surface area contributed by atoms with Gasteiger partial charge in [0, 0.05) is 5.41 Å². The highest BCUT2D eigenvalue weighted by Gasteiger charge is 2.43. The highest BCUT2D eigenvalue weighted by Crippen LogP contribution is 2.57. The lowest BCUT2D eigenvalue weighted by atomic mass is 9.94. The predicted octanol–water partition coefficient (Wildman–Crippen LogP) is 4.75. The van der Waals surface area contributed by atoms with E-state index in [1.54, 1.807) is 12.1 Å². The molecule has 2 aliphatic carbocycles. The highest BCUT2D eigenvalue weighted by molar-refractivity contribution is 7.89. The van der Waals surface area contributed by atoms with E-state index in [2.05, 4.69) is 0 Å². The summed E-state index contributed by atoms with van der Waals surface area (Å²) in [5, 5.41) is 5.11. The second-order valence-corrected chi connectivity index (χ2v) is 8.67. The largest absolute Gasteiger partial charge is 0.419 e. The van der Waals surface area contributed by atoms with Gasteiger partial charge in [0.15, 0.2) is 0 Å². The Morgan fingerprint density at radius 1 is 0.893 bits per heavy atom. The Morgan fingerprint density at radius 3 is 1.93 bits per heavy atom. The first-order valence-corrected chi connectivity index (χ1v) is 10.00. The summed E-state index contributed by atoms with van der Waals surface area (Å²) in [5.74, 6) is -1.32. The van der Waals surface area contributed by atoms with Crippen molar-refractivity contribution in [3.05, 3.63) is 77.1 Å². The van der Waals surface area contributed by atoms with Gasteiger partial charge in [-0.1, -0.05) is 30.4 Å². The van der Waals surface area contributed by atoms with Gasteiger partial charge in [-0.05, 0) is 59.4 Å². The summed E-state index contributed by atoms with van der Waals surface area (Å²) < 4.78 is 75.9. The van der Waals surface area contributed by atoms with Gasteiger partial charge in [-0.15, -0.1) is 0 Å². The molecule has 2 aliphatic rings. The Kier molecular flexibility index (Phi) is 4.06. The zero-order chi connectivity index (χ0) is 20.3. The van der Waals surface area contributed by atoms with E-state index in [-0.39, 0.29) is 15.9 Å². The van der Waals surface area contributed by atoms with Crippen molar-refractivity contribution in [1.82, 2.24) is 0 Å². The summed E-state index contributed by atoms with van der Waals surface area (Å²) in [6, 6.07) is 8.79. The number of sulfonamides is 1. The minimum atomic E-state index is -4.79. The number of hydrogen-bond acceptors (Lipinski definition) is 2. The molecule has 4 rings (SSSR count).